The molecule has 3 fully saturated rings. The average molecular weight is 787 g/mol. The first-order chi connectivity index (χ1) is 25.5. The summed E-state index contributed by atoms with van der Waals surface area (Å²) in [4.78, 5) is 16.2. The number of oxime groups is 1. The van der Waals surface area contributed by atoms with Gasteiger partial charge in [-0.15, -0.1) is 12.3 Å². The highest BCUT2D eigenvalue weighted by Crippen LogP contribution is 2.41. The zero-order valence-corrected chi connectivity index (χ0v) is 34.9. The first-order valence-corrected chi connectivity index (χ1v) is 19.7. The minimum Gasteiger partial charge on any atom is -0.459 e. The Morgan fingerprint density at radius 2 is 1.62 bits per heavy atom. The molecule has 0 spiro atoms. The summed E-state index contributed by atoms with van der Waals surface area (Å²) in [7, 11) is 3.34. The van der Waals surface area contributed by atoms with Gasteiger partial charge in [0.15, 0.2) is 12.6 Å². The predicted octanol–water partition coefficient (Wildman–Crippen LogP) is 2.44. The molecule has 3 heterocycles. The number of aliphatic hydroxyl groups is 5. The fourth-order valence-corrected chi connectivity index (χ4v) is 8.94. The number of ether oxygens (including phenoxy) is 6. The van der Waals surface area contributed by atoms with Gasteiger partial charge in [0.2, 0.25) is 0 Å². The van der Waals surface area contributed by atoms with Crippen molar-refractivity contribution in [3.05, 3.63) is 0 Å². The van der Waals surface area contributed by atoms with Gasteiger partial charge in [0.1, 0.15) is 23.9 Å². The molecule has 3 aliphatic rings. The summed E-state index contributed by atoms with van der Waals surface area (Å²) in [6, 6.07) is -0.398. The van der Waals surface area contributed by atoms with Crippen LogP contribution in [0.2, 0.25) is 0 Å². The Bertz CT molecular complexity index is 1320. The summed E-state index contributed by atoms with van der Waals surface area (Å²) in [6.07, 6.45) is -3.89. The second-order valence-electron chi connectivity index (χ2n) is 17.1. The standard InChI is InChI=1S/C40H70N2O13/c1-14-16-17-42(12)27-18-22(4)51-37(31(27)43)55-35-24(6)32(54-29-20-39(10,50-13)34(45)26(8)52-29)25(7)36(46)53-28(15-2)40(11,48)33(44)23(5)30(41-49)21(3)19-38(35,9)47/h1,21-29,31-35,37,43-45,47-49H,15-20H2,2-13H3/b41-30+/t21-,22-,23+,24+,25-,26+,27+,28-,29?,31-,32+,33?,34+,35-,37?,38-,39-,40-/m1/s1. The first kappa shape index (κ1) is 47.4. The van der Waals surface area contributed by atoms with Crippen molar-refractivity contribution in [1.29, 1.82) is 0 Å². The minimum absolute atomic E-state index is 0.0826. The average Bonchev–Trinajstić information content (AvgIpc) is 3.12. The van der Waals surface area contributed by atoms with E-state index in [2.05, 4.69) is 11.1 Å². The number of methoxy groups -OCH3 is 1. The van der Waals surface area contributed by atoms with Gasteiger partial charge in [0.25, 0.3) is 0 Å². The Morgan fingerprint density at radius 3 is 2.18 bits per heavy atom. The lowest BCUT2D eigenvalue weighted by atomic mass is 9.73. The Balaban J connectivity index is 2.21. The van der Waals surface area contributed by atoms with Gasteiger partial charge >= 0.3 is 5.97 Å². The molecule has 0 radical (unpaired) electrons. The highest BCUT2D eigenvalue weighted by molar-refractivity contribution is 5.88. The van der Waals surface area contributed by atoms with Crippen LogP contribution in [0.5, 0.6) is 0 Å². The van der Waals surface area contributed by atoms with E-state index in [0.29, 0.717) is 19.4 Å². The normalized spacial score (nSPS) is 47.5. The molecule has 318 valence electrons. The zero-order chi connectivity index (χ0) is 41.8. The van der Waals surface area contributed by atoms with Crippen molar-refractivity contribution in [3.63, 3.8) is 0 Å². The molecule has 3 unspecified atom stereocenters. The molecule has 0 saturated carbocycles. The van der Waals surface area contributed by atoms with Gasteiger partial charge in [0, 0.05) is 50.3 Å². The number of esters is 1. The van der Waals surface area contributed by atoms with E-state index in [0.717, 1.165) is 0 Å². The van der Waals surface area contributed by atoms with E-state index in [1.807, 2.05) is 18.9 Å². The minimum atomic E-state index is -1.98. The second-order valence-corrected chi connectivity index (χ2v) is 17.1. The molecule has 3 aliphatic heterocycles. The van der Waals surface area contributed by atoms with Crippen molar-refractivity contribution in [2.45, 2.75) is 186 Å². The van der Waals surface area contributed by atoms with Crippen LogP contribution in [0.4, 0.5) is 0 Å². The molecule has 0 aromatic heterocycles. The molecular weight excluding hydrogens is 716 g/mol. The number of carbonyl (C=O) groups is 1. The third-order valence-electron chi connectivity index (χ3n) is 12.5. The molecule has 3 saturated heterocycles. The van der Waals surface area contributed by atoms with E-state index in [-0.39, 0.29) is 31.1 Å². The topological polar surface area (TPSA) is 209 Å². The van der Waals surface area contributed by atoms with Gasteiger partial charge in [-0.1, -0.05) is 32.9 Å². The molecule has 6 N–H and O–H groups in total. The molecule has 0 aromatic carbocycles. The van der Waals surface area contributed by atoms with Crippen LogP contribution in [0.15, 0.2) is 5.16 Å². The highest BCUT2D eigenvalue weighted by atomic mass is 16.7. The van der Waals surface area contributed by atoms with Crippen LogP contribution in [0.3, 0.4) is 0 Å². The van der Waals surface area contributed by atoms with E-state index in [1.54, 1.807) is 55.4 Å². The number of nitrogens with zero attached hydrogens (tertiary/aromatic N) is 2. The number of rotatable bonds is 9. The quantitative estimate of drug-likeness (QED) is 0.0859. The maximum atomic E-state index is 14.2. The Labute approximate surface area is 327 Å². The molecule has 0 aromatic rings. The lowest BCUT2D eigenvalue weighted by Gasteiger charge is -2.49. The van der Waals surface area contributed by atoms with Crippen molar-refractivity contribution < 1.29 is 64.0 Å². The van der Waals surface area contributed by atoms with E-state index >= 15 is 0 Å². The molecule has 0 amide bonds. The Kier molecular flexibility index (Phi) is 16.6. The molecule has 55 heavy (non-hydrogen) atoms. The van der Waals surface area contributed by atoms with E-state index in [4.69, 9.17) is 34.8 Å². The van der Waals surface area contributed by atoms with Crippen LogP contribution in [0, 0.1) is 36.0 Å². The van der Waals surface area contributed by atoms with E-state index in [9.17, 15) is 35.5 Å². The maximum Gasteiger partial charge on any atom is 0.311 e. The van der Waals surface area contributed by atoms with E-state index < -0.39 is 108 Å². The van der Waals surface area contributed by atoms with Crippen LogP contribution in [0.1, 0.15) is 101 Å². The van der Waals surface area contributed by atoms with Crippen molar-refractivity contribution in [1.82, 2.24) is 4.90 Å². The molecule has 15 heteroatoms. The second kappa shape index (κ2) is 19.2. The van der Waals surface area contributed by atoms with Crippen LogP contribution in [-0.4, -0.2) is 152 Å². The summed E-state index contributed by atoms with van der Waals surface area (Å²) in [5.41, 5.74) is -4.75. The molecule has 15 nitrogen and oxygen atoms in total. The molecule has 3 rings (SSSR count). The summed E-state index contributed by atoms with van der Waals surface area (Å²) in [6.45, 7) is 17.1. The number of likely N-dealkylation sites (N-methyl/N-ethyl adjacent to an activating group) is 1. The van der Waals surface area contributed by atoms with Gasteiger partial charge in [-0.2, -0.15) is 0 Å². The number of hydrogen-bond acceptors (Lipinski definition) is 15. The molecule has 18 atom stereocenters. The number of hydrogen-bond donors (Lipinski definition) is 6. The van der Waals surface area contributed by atoms with Crippen molar-refractivity contribution >= 4 is 11.7 Å². The van der Waals surface area contributed by atoms with Gasteiger partial charge in [-0.3, -0.25) is 9.69 Å². The van der Waals surface area contributed by atoms with Crippen LogP contribution in [-0.2, 0) is 33.2 Å². The summed E-state index contributed by atoms with van der Waals surface area (Å²) < 4.78 is 37.4. The van der Waals surface area contributed by atoms with Gasteiger partial charge in [-0.25, -0.2) is 0 Å². The predicted molar refractivity (Wildman–Crippen MR) is 203 cm³/mol. The third-order valence-corrected chi connectivity index (χ3v) is 12.5. The van der Waals surface area contributed by atoms with Crippen molar-refractivity contribution in [2.75, 3.05) is 20.7 Å². The zero-order valence-electron chi connectivity index (χ0n) is 34.9. The van der Waals surface area contributed by atoms with Gasteiger partial charge in [-0.05, 0) is 67.9 Å². The number of aliphatic hydroxyl groups excluding tert-OH is 3. The summed E-state index contributed by atoms with van der Waals surface area (Å²) in [5.74, 6) is -1.71. The maximum absolute atomic E-state index is 14.2. The summed E-state index contributed by atoms with van der Waals surface area (Å²) >= 11 is 0. The monoisotopic (exact) mass is 786 g/mol. The van der Waals surface area contributed by atoms with Crippen molar-refractivity contribution in [3.8, 4) is 12.3 Å². The third kappa shape index (κ3) is 10.6. The van der Waals surface area contributed by atoms with Crippen LogP contribution >= 0.6 is 0 Å². The fraction of sp³-hybridized carbons (Fsp3) is 0.900. The van der Waals surface area contributed by atoms with E-state index in [1.165, 1.54) is 14.0 Å². The number of terminal acetylenes is 1. The number of cyclic esters (lactones) is 1. The van der Waals surface area contributed by atoms with Gasteiger partial charge < -0.3 is 59.2 Å². The Morgan fingerprint density at radius 1 is 0.982 bits per heavy atom. The number of carbonyl (C=O) groups excluding carboxylic acids is 1. The fourth-order valence-electron chi connectivity index (χ4n) is 8.94. The smallest absolute Gasteiger partial charge is 0.311 e. The SMILES string of the molecule is C#CCCN(C)[C@H]1C[C@@H](C)OC(O[C@@H]2[C@@H](C)[C@H](OC3C[C@@](C)(OC)[C@@H](O)[C@H](C)O3)[C@@H](C)C(=O)O[C@H](CC)[C@@](C)(O)C(O)[C@@H](C)/C(=N/O)[C@H](C)C[C@@]2(C)O)[C@@H]1O. The lowest BCUT2D eigenvalue weighted by molar-refractivity contribution is -0.318. The highest BCUT2D eigenvalue weighted by Gasteiger charge is 2.53. The first-order valence-electron chi connectivity index (χ1n) is 19.7. The Hall–Kier alpha value is -1.94. The molecule has 0 bridgehead atoms. The molecule has 0 aliphatic carbocycles. The lowest BCUT2D eigenvalue weighted by Crippen LogP contribution is -2.61. The van der Waals surface area contributed by atoms with Crippen molar-refractivity contribution in [2.24, 2.45) is 28.8 Å². The summed E-state index contributed by atoms with van der Waals surface area (Å²) in [5, 5.41) is 72.3. The van der Waals surface area contributed by atoms with Gasteiger partial charge in [0.05, 0.1) is 53.4 Å². The van der Waals surface area contributed by atoms with Crippen LogP contribution in [0.25, 0.3) is 0 Å². The molecular formula is C40H70N2O13. The largest absolute Gasteiger partial charge is 0.459 e. The van der Waals surface area contributed by atoms with Crippen LogP contribution < -0.4 is 0 Å².